The average molecular weight is 413 g/mol. The van der Waals surface area contributed by atoms with E-state index in [2.05, 4.69) is 26.8 Å². The van der Waals surface area contributed by atoms with E-state index in [-0.39, 0.29) is 51.5 Å². The fourth-order valence-corrected chi connectivity index (χ4v) is 9.73. The molecule has 30 heavy (non-hydrogen) atoms. The number of carbonyl (C=O) groups excluding carboxylic acids is 3. The van der Waals surface area contributed by atoms with Gasteiger partial charge >= 0.3 is 5.97 Å². The molecule has 0 aromatic heterocycles. The highest BCUT2D eigenvalue weighted by molar-refractivity contribution is 5.93. The third kappa shape index (κ3) is 2.16. The Hall–Kier alpha value is -1.45. The van der Waals surface area contributed by atoms with Gasteiger partial charge in [-0.1, -0.05) is 33.8 Å². The van der Waals surface area contributed by atoms with E-state index in [1.807, 2.05) is 13.0 Å². The van der Waals surface area contributed by atoms with E-state index in [9.17, 15) is 14.4 Å². The zero-order valence-corrected chi connectivity index (χ0v) is 19.1. The number of carbonyl (C=O) groups is 3. The molecule has 0 saturated heterocycles. The first-order valence-electron chi connectivity index (χ1n) is 11.9. The summed E-state index contributed by atoms with van der Waals surface area (Å²) in [6, 6.07) is 0. The summed E-state index contributed by atoms with van der Waals surface area (Å²) in [7, 11) is 0. The molecule has 164 valence electrons. The number of esters is 1. The Morgan fingerprint density at radius 2 is 1.97 bits per heavy atom. The number of hydrogen-bond acceptors (Lipinski definition) is 4. The number of hydrogen-bond donors (Lipinski definition) is 0. The van der Waals surface area contributed by atoms with Crippen molar-refractivity contribution in [3.05, 3.63) is 12.2 Å². The molecule has 0 aromatic rings. The van der Waals surface area contributed by atoms with Gasteiger partial charge in [-0.15, -0.1) is 0 Å². The van der Waals surface area contributed by atoms with Crippen LogP contribution < -0.4 is 0 Å². The van der Waals surface area contributed by atoms with Gasteiger partial charge in [0.1, 0.15) is 12.4 Å². The molecule has 4 heteroatoms. The van der Waals surface area contributed by atoms with Gasteiger partial charge in [0, 0.05) is 24.7 Å². The summed E-state index contributed by atoms with van der Waals surface area (Å²) in [4.78, 5) is 36.2. The molecule has 5 rings (SSSR count). The Morgan fingerprint density at radius 3 is 2.63 bits per heavy atom. The molecule has 5 aliphatic rings. The van der Waals surface area contributed by atoms with Crippen molar-refractivity contribution in [1.29, 1.82) is 0 Å². The number of ether oxygens (including phenoxy) is 1. The Balaban J connectivity index is 1.56. The maximum absolute atomic E-state index is 12.4. The van der Waals surface area contributed by atoms with Crippen molar-refractivity contribution in [2.45, 2.75) is 79.2 Å². The van der Waals surface area contributed by atoms with E-state index in [1.54, 1.807) is 0 Å². The van der Waals surface area contributed by atoms with E-state index < -0.39 is 0 Å². The standard InChI is InChI=1S/C26H36O4/c1-15(13-27)22-20(30-17(3)28)12-24(5)21-7-6-18-16(2)19(29)8-9-25(18)14-26(21,25)11-10-23(22,24)4/h8-9,13,15-16,18,20-22H,6-7,10-12,14H2,1-5H3. The fourth-order valence-electron chi connectivity index (χ4n) is 9.73. The van der Waals surface area contributed by atoms with Crippen molar-refractivity contribution in [2.75, 3.05) is 0 Å². The van der Waals surface area contributed by atoms with Crippen LogP contribution in [0.1, 0.15) is 73.1 Å². The van der Waals surface area contributed by atoms with E-state index >= 15 is 0 Å². The Kier molecular flexibility index (Phi) is 4.14. The zero-order chi connectivity index (χ0) is 21.7. The van der Waals surface area contributed by atoms with Gasteiger partial charge < -0.3 is 9.53 Å². The zero-order valence-electron chi connectivity index (χ0n) is 19.1. The Bertz CT molecular complexity index is 846. The summed E-state index contributed by atoms with van der Waals surface area (Å²) in [5.41, 5.74) is 0.509. The van der Waals surface area contributed by atoms with E-state index in [0.717, 1.165) is 32.0 Å². The first kappa shape index (κ1) is 20.5. The first-order valence-corrected chi connectivity index (χ1v) is 11.9. The largest absolute Gasteiger partial charge is 0.462 e. The van der Waals surface area contributed by atoms with Crippen LogP contribution in [-0.4, -0.2) is 24.1 Å². The molecule has 0 aliphatic heterocycles. The topological polar surface area (TPSA) is 60.4 Å². The molecular weight excluding hydrogens is 376 g/mol. The Morgan fingerprint density at radius 1 is 1.23 bits per heavy atom. The average Bonchev–Trinajstić information content (AvgIpc) is 3.29. The highest BCUT2D eigenvalue weighted by Gasteiger charge is 2.81. The number of allylic oxidation sites excluding steroid dienone is 2. The lowest BCUT2D eigenvalue weighted by Gasteiger charge is -2.60. The predicted molar refractivity (Wildman–Crippen MR) is 113 cm³/mol. The van der Waals surface area contributed by atoms with Gasteiger partial charge in [0.05, 0.1) is 0 Å². The van der Waals surface area contributed by atoms with Crippen LogP contribution in [-0.2, 0) is 19.1 Å². The highest BCUT2D eigenvalue weighted by Crippen LogP contribution is 2.87. The highest BCUT2D eigenvalue weighted by atomic mass is 16.5. The summed E-state index contributed by atoms with van der Waals surface area (Å²) < 4.78 is 5.87. The number of fused-ring (bicyclic) bond motifs is 2. The van der Waals surface area contributed by atoms with Gasteiger partial charge in [0.15, 0.2) is 5.78 Å². The number of rotatable bonds is 3. The van der Waals surface area contributed by atoms with Gasteiger partial charge in [-0.05, 0) is 78.1 Å². The summed E-state index contributed by atoms with van der Waals surface area (Å²) in [6.07, 6.45) is 11.6. The van der Waals surface area contributed by atoms with Gasteiger partial charge in [0.2, 0.25) is 0 Å². The summed E-state index contributed by atoms with van der Waals surface area (Å²) in [6.45, 7) is 10.4. The lowest BCUT2D eigenvalue weighted by molar-refractivity contribution is -0.152. The van der Waals surface area contributed by atoms with Gasteiger partial charge in [0.25, 0.3) is 0 Å². The summed E-state index contributed by atoms with van der Waals surface area (Å²) in [5.74, 6) is 1.20. The Labute approximate surface area is 180 Å². The number of ketones is 1. The van der Waals surface area contributed by atoms with Crippen LogP contribution in [0.25, 0.3) is 0 Å². The molecular formula is C26H36O4. The van der Waals surface area contributed by atoms with Crippen LogP contribution in [0.3, 0.4) is 0 Å². The quantitative estimate of drug-likeness (QED) is 0.495. The second-order valence-corrected chi connectivity index (χ2v) is 11.8. The molecule has 10 unspecified atom stereocenters. The maximum Gasteiger partial charge on any atom is 0.302 e. The van der Waals surface area contributed by atoms with E-state index in [4.69, 9.17) is 4.74 Å². The molecule has 4 saturated carbocycles. The van der Waals surface area contributed by atoms with E-state index in [0.29, 0.717) is 17.6 Å². The molecule has 0 amide bonds. The van der Waals surface area contributed by atoms with Gasteiger partial charge in [-0.3, -0.25) is 9.59 Å². The molecule has 0 bridgehead atoms. The molecule has 10 atom stereocenters. The SMILES string of the molecule is CC(=O)OC1CC2(C)C3CCC4C(C)C(=O)C=CC45CC35CCC2(C)C1C(C)C=O. The normalized spacial score (nSPS) is 54.3. The second kappa shape index (κ2) is 6.07. The van der Waals surface area contributed by atoms with Crippen molar-refractivity contribution in [3.8, 4) is 0 Å². The van der Waals surface area contributed by atoms with Crippen molar-refractivity contribution < 1.29 is 19.1 Å². The second-order valence-electron chi connectivity index (χ2n) is 11.8. The minimum absolute atomic E-state index is 0.0141. The van der Waals surface area contributed by atoms with Crippen LogP contribution >= 0.6 is 0 Å². The predicted octanol–water partition coefficient (Wildman–Crippen LogP) is 4.76. The van der Waals surface area contributed by atoms with Crippen LogP contribution in [0.2, 0.25) is 0 Å². The molecule has 0 heterocycles. The van der Waals surface area contributed by atoms with Crippen molar-refractivity contribution in [1.82, 2.24) is 0 Å². The van der Waals surface area contributed by atoms with Gasteiger partial charge in [-0.25, -0.2) is 0 Å². The van der Waals surface area contributed by atoms with Crippen molar-refractivity contribution >= 4 is 18.0 Å². The molecule has 5 aliphatic carbocycles. The van der Waals surface area contributed by atoms with Crippen LogP contribution in [0.15, 0.2) is 12.2 Å². The molecule has 0 aromatic carbocycles. The van der Waals surface area contributed by atoms with Crippen LogP contribution in [0.5, 0.6) is 0 Å². The lowest BCUT2D eigenvalue weighted by Crippen LogP contribution is -2.55. The lowest BCUT2D eigenvalue weighted by atomic mass is 9.43. The van der Waals surface area contributed by atoms with Gasteiger partial charge in [-0.2, -0.15) is 0 Å². The molecule has 0 radical (unpaired) electrons. The third-order valence-corrected chi connectivity index (χ3v) is 11.1. The van der Waals surface area contributed by atoms with E-state index in [1.165, 1.54) is 19.8 Å². The fraction of sp³-hybridized carbons (Fsp3) is 0.808. The first-order chi connectivity index (χ1) is 14.1. The molecule has 2 spiro atoms. The third-order valence-electron chi connectivity index (χ3n) is 11.1. The van der Waals surface area contributed by atoms with Crippen molar-refractivity contribution in [2.24, 2.45) is 51.2 Å². The molecule has 0 N–H and O–H groups in total. The summed E-state index contributed by atoms with van der Waals surface area (Å²) in [5, 5.41) is 0. The molecule has 4 nitrogen and oxygen atoms in total. The minimum Gasteiger partial charge on any atom is -0.462 e. The monoisotopic (exact) mass is 412 g/mol. The van der Waals surface area contributed by atoms with Crippen LogP contribution in [0.4, 0.5) is 0 Å². The van der Waals surface area contributed by atoms with Crippen LogP contribution in [0, 0.1) is 51.2 Å². The summed E-state index contributed by atoms with van der Waals surface area (Å²) >= 11 is 0. The number of aldehydes is 1. The molecule has 4 fully saturated rings. The minimum atomic E-state index is -0.238. The van der Waals surface area contributed by atoms with Crippen molar-refractivity contribution in [3.63, 3.8) is 0 Å². The maximum atomic E-state index is 12.4. The smallest absolute Gasteiger partial charge is 0.302 e.